The molecule has 3 nitrogen and oxygen atoms in total. The van der Waals surface area contributed by atoms with Crippen LogP contribution in [-0.4, -0.2) is 28.2 Å². The Balaban J connectivity index is 2.93. The molecular weight excluding hydrogens is 200 g/mol. The zero-order valence-corrected chi connectivity index (χ0v) is 8.62. The first kappa shape index (κ1) is 10.9. The zero-order valence-electron chi connectivity index (χ0n) is 7.80. The van der Waals surface area contributed by atoms with Crippen molar-refractivity contribution in [2.45, 2.75) is 5.92 Å². The van der Waals surface area contributed by atoms with E-state index in [-0.39, 0.29) is 5.75 Å². The Labute approximate surface area is 86.8 Å². The third kappa shape index (κ3) is 2.67. The minimum Gasteiger partial charge on any atom is -0.508 e. The molecule has 0 aromatic heterocycles. The molecule has 0 amide bonds. The summed E-state index contributed by atoms with van der Waals surface area (Å²) in [6.07, 6.45) is 1.86. The van der Waals surface area contributed by atoms with Gasteiger partial charge in [0.05, 0.1) is 5.92 Å². The van der Waals surface area contributed by atoms with E-state index in [1.54, 1.807) is 12.1 Å². The second kappa shape index (κ2) is 4.91. The molecule has 1 rings (SSSR count). The van der Waals surface area contributed by atoms with Gasteiger partial charge in [-0.15, -0.1) is 0 Å². The molecule has 0 heterocycles. The van der Waals surface area contributed by atoms with E-state index < -0.39 is 11.9 Å². The lowest BCUT2D eigenvalue weighted by atomic mass is 10.0. The second-order valence-corrected chi connectivity index (χ2v) is 3.85. The highest BCUT2D eigenvalue weighted by atomic mass is 32.2. The number of phenols is 1. The Morgan fingerprint density at radius 1 is 1.57 bits per heavy atom. The Morgan fingerprint density at radius 2 is 2.29 bits per heavy atom. The predicted octanol–water partition coefficient (Wildman–Crippen LogP) is 1.92. The first-order chi connectivity index (χ1) is 6.65. The highest BCUT2D eigenvalue weighted by Gasteiger charge is 2.19. The average molecular weight is 212 g/mol. The van der Waals surface area contributed by atoms with Crippen molar-refractivity contribution in [3.05, 3.63) is 29.8 Å². The number of aliphatic carboxylic acids is 1. The van der Waals surface area contributed by atoms with Crippen molar-refractivity contribution in [1.82, 2.24) is 0 Å². The molecule has 0 bridgehead atoms. The van der Waals surface area contributed by atoms with Crippen molar-refractivity contribution >= 4 is 17.7 Å². The summed E-state index contributed by atoms with van der Waals surface area (Å²) in [7, 11) is 0. The lowest BCUT2D eigenvalue weighted by molar-refractivity contribution is -0.138. The summed E-state index contributed by atoms with van der Waals surface area (Å²) in [5.74, 6) is -0.782. The zero-order chi connectivity index (χ0) is 10.6. The van der Waals surface area contributed by atoms with Crippen LogP contribution >= 0.6 is 11.8 Å². The van der Waals surface area contributed by atoms with Crippen LogP contribution in [0.15, 0.2) is 24.3 Å². The van der Waals surface area contributed by atoms with Gasteiger partial charge >= 0.3 is 5.97 Å². The molecule has 1 aromatic rings. The van der Waals surface area contributed by atoms with Crippen molar-refractivity contribution in [1.29, 1.82) is 0 Å². The van der Waals surface area contributed by atoms with Gasteiger partial charge in [0.15, 0.2) is 0 Å². The van der Waals surface area contributed by atoms with Crippen LogP contribution in [0.4, 0.5) is 0 Å². The second-order valence-electron chi connectivity index (χ2n) is 2.94. The Kier molecular flexibility index (Phi) is 3.83. The maximum Gasteiger partial charge on any atom is 0.311 e. The lowest BCUT2D eigenvalue weighted by Gasteiger charge is -2.10. The maximum atomic E-state index is 10.9. The first-order valence-electron chi connectivity index (χ1n) is 4.16. The van der Waals surface area contributed by atoms with Crippen molar-refractivity contribution in [3.63, 3.8) is 0 Å². The Hall–Kier alpha value is -1.16. The van der Waals surface area contributed by atoms with Crippen LogP contribution in [0.1, 0.15) is 11.5 Å². The molecule has 1 atom stereocenters. The standard InChI is InChI=1S/C10H12O3S/c1-14-6-9(10(12)13)7-3-2-4-8(11)5-7/h2-5,9,11H,6H2,1H3,(H,12,13). The number of thioether (sulfide) groups is 1. The number of hydrogen-bond acceptors (Lipinski definition) is 3. The molecule has 1 aromatic carbocycles. The summed E-state index contributed by atoms with van der Waals surface area (Å²) in [5, 5.41) is 18.2. The van der Waals surface area contributed by atoms with Gasteiger partial charge in [0.1, 0.15) is 5.75 Å². The number of carboxylic acid groups (broad SMARTS) is 1. The summed E-state index contributed by atoms with van der Waals surface area (Å²) >= 11 is 1.48. The van der Waals surface area contributed by atoms with Gasteiger partial charge in [-0.2, -0.15) is 11.8 Å². The first-order valence-corrected chi connectivity index (χ1v) is 5.55. The van der Waals surface area contributed by atoms with Crippen molar-refractivity contribution in [2.75, 3.05) is 12.0 Å². The number of carboxylic acids is 1. The van der Waals surface area contributed by atoms with Gasteiger partial charge in [0.25, 0.3) is 0 Å². The third-order valence-corrected chi connectivity index (χ3v) is 2.57. The van der Waals surface area contributed by atoms with Crippen LogP contribution < -0.4 is 0 Å². The summed E-state index contributed by atoms with van der Waals surface area (Å²) < 4.78 is 0. The van der Waals surface area contributed by atoms with Crippen molar-refractivity contribution < 1.29 is 15.0 Å². The number of phenolic OH excluding ortho intramolecular Hbond substituents is 1. The van der Waals surface area contributed by atoms with Crippen molar-refractivity contribution in [3.8, 4) is 5.75 Å². The topological polar surface area (TPSA) is 57.5 Å². The van der Waals surface area contributed by atoms with E-state index >= 15 is 0 Å². The fraction of sp³-hybridized carbons (Fsp3) is 0.300. The molecule has 0 aliphatic carbocycles. The van der Waals surface area contributed by atoms with Crippen LogP contribution in [0.5, 0.6) is 5.75 Å². The van der Waals surface area contributed by atoms with Crippen LogP contribution in [0.25, 0.3) is 0 Å². The molecular formula is C10H12O3S. The van der Waals surface area contributed by atoms with Gasteiger partial charge in [0.2, 0.25) is 0 Å². The van der Waals surface area contributed by atoms with E-state index in [0.29, 0.717) is 11.3 Å². The molecule has 0 fully saturated rings. The summed E-state index contributed by atoms with van der Waals surface area (Å²) in [6, 6.07) is 6.40. The molecule has 4 heteroatoms. The highest BCUT2D eigenvalue weighted by molar-refractivity contribution is 7.98. The van der Waals surface area contributed by atoms with Crippen LogP contribution in [0, 0.1) is 0 Å². The molecule has 0 spiro atoms. The van der Waals surface area contributed by atoms with Gasteiger partial charge in [-0.1, -0.05) is 12.1 Å². The summed E-state index contributed by atoms with van der Waals surface area (Å²) in [6.45, 7) is 0. The fourth-order valence-electron chi connectivity index (χ4n) is 1.22. The summed E-state index contributed by atoms with van der Waals surface area (Å²) in [4.78, 5) is 10.9. The number of benzene rings is 1. The molecule has 0 aliphatic rings. The minimum atomic E-state index is -0.857. The molecule has 76 valence electrons. The normalized spacial score (nSPS) is 12.4. The van der Waals surface area contributed by atoms with Crippen LogP contribution in [-0.2, 0) is 4.79 Å². The van der Waals surface area contributed by atoms with Gasteiger partial charge in [-0.25, -0.2) is 0 Å². The van der Waals surface area contributed by atoms with Gasteiger partial charge in [-0.05, 0) is 24.0 Å². The third-order valence-electron chi connectivity index (χ3n) is 1.90. The minimum absolute atomic E-state index is 0.106. The van der Waals surface area contributed by atoms with E-state index in [1.165, 1.54) is 23.9 Å². The number of hydrogen-bond donors (Lipinski definition) is 2. The predicted molar refractivity (Wildman–Crippen MR) is 56.9 cm³/mol. The number of rotatable bonds is 4. The van der Waals surface area contributed by atoms with E-state index in [4.69, 9.17) is 5.11 Å². The Bertz CT molecular complexity index is 325. The SMILES string of the molecule is CSCC(C(=O)O)c1cccc(O)c1. The quantitative estimate of drug-likeness (QED) is 0.800. The number of carbonyl (C=O) groups is 1. The van der Waals surface area contributed by atoms with E-state index in [1.807, 2.05) is 6.26 Å². The van der Waals surface area contributed by atoms with Gasteiger partial charge in [0, 0.05) is 5.75 Å². The molecule has 2 N–H and O–H groups in total. The average Bonchev–Trinajstić information content (AvgIpc) is 2.13. The van der Waals surface area contributed by atoms with E-state index in [2.05, 4.69) is 0 Å². The molecule has 14 heavy (non-hydrogen) atoms. The molecule has 1 unspecified atom stereocenters. The Morgan fingerprint density at radius 3 is 2.79 bits per heavy atom. The molecule has 0 saturated heterocycles. The van der Waals surface area contributed by atoms with Gasteiger partial charge in [-0.3, -0.25) is 4.79 Å². The molecule has 0 aliphatic heterocycles. The molecule has 0 radical (unpaired) electrons. The highest BCUT2D eigenvalue weighted by Crippen LogP contribution is 2.23. The van der Waals surface area contributed by atoms with Gasteiger partial charge < -0.3 is 10.2 Å². The lowest BCUT2D eigenvalue weighted by Crippen LogP contribution is -2.13. The number of aromatic hydroxyl groups is 1. The van der Waals surface area contributed by atoms with E-state index in [0.717, 1.165) is 0 Å². The summed E-state index contributed by atoms with van der Waals surface area (Å²) in [5.41, 5.74) is 0.645. The van der Waals surface area contributed by atoms with Crippen molar-refractivity contribution in [2.24, 2.45) is 0 Å². The largest absolute Gasteiger partial charge is 0.508 e. The van der Waals surface area contributed by atoms with Crippen LogP contribution in [0.2, 0.25) is 0 Å². The van der Waals surface area contributed by atoms with E-state index in [9.17, 15) is 9.90 Å². The maximum absolute atomic E-state index is 10.9. The molecule has 0 saturated carbocycles. The monoisotopic (exact) mass is 212 g/mol. The van der Waals surface area contributed by atoms with Crippen LogP contribution in [0.3, 0.4) is 0 Å². The smallest absolute Gasteiger partial charge is 0.311 e. The fourth-order valence-corrected chi connectivity index (χ4v) is 1.89.